The first-order valence-electron chi connectivity index (χ1n) is 7.74. The van der Waals surface area contributed by atoms with E-state index >= 15 is 0 Å². The number of hydrogen-bond donors (Lipinski definition) is 0. The fraction of sp³-hybridized carbons (Fsp3) is 0.562. The van der Waals surface area contributed by atoms with Gasteiger partial charge in [-0.2, -0.15) is 9.57 Å². The molecule has 2 fully saturated rings. The summed E-state index contributed by atoms with van der Waals surface area (Å²) in [6.45, 7) is 1.88. The molecular formula is C16H21N3O2S. The molecule has 1 aromatic rings. The number of hydrogen-bond acceptors (Lipinski definition) is 4. The minimum absolute atomic E-state index is 0.101. The van der Waals surface area contributed by atoms with Gasteiger partial charge in [0, 0.05) is 12.1 Å². The Morgan fingerprint density at radius 1 is 1.09 bits per heavy atom. The topological polar surface area (TPSA) is 64.4 Å². The van der Waals surface area contributed by atoms with Gasteiger partial charge < -0.3 is 4.90 Å². The van der Waals surface area contributed by atoms with E-state index < -0.39 is 10.0 Å². The molecule has 0 unspecified atom stereocenters. The summed E-state index contributed by atoms with van der Waals surface area (Å²) in [5.41, 5.74) is 0.483. The van der Waals surface area contributed by atoms with Crippen LogP contribution >= 0.6 is 0 Å². The van der Waals surface area contributed by atoms with Crippen LogP contribution in [0.4, 0.5) is 0 Å². The molecule has 1 aromatic carbocycles. The number of benzene rings is 1. The van der Waals surface area contributed by atoms with Crippen molar-refractivity contribution in [1.82, 2.24) is 9.21 Å². The van der Waals surface area contributed by atoms with Crippen LogP contribution in [-0.2, 0) is 10.0 Å². The molecule has 0 amide bonds. The molecule has 0 aromatic heterocycles. The van der Waals surface area contributed by atoms with Crippen LogP contribution in [-0.4, -0.2) is 49.8 Å². The van der Waals surface area contributed by atoms with Crippen molar-refractivity contribution < 1.29 is 8.42 Å². The van der Waals surface area contributed by atoms with Gasteiger partial charge in [0.2, 0.25) is 10.0 Å². The molecular weight excluding hydrogens is 298 g/mol. The van der Waals surface area contributed by atoms with Gasteiger partial charge in [0.25, 0.3) is 0 Å². The Hall–Kier alpha value is -1.42. The van der Waals surface area contributed by atoms with E-state index in [1.165, 1.54) is 0 Å². The highest BCUT2D eigenvalue weighted by molar-refractivity contribution is 7.89. The summed E-state index contributed by atoms with van der Waals surface area (Å²) in [6, 6.07) is 8.55. The molecule has 22 heavy (non-hydrogen) atoms. The molecule has 1 heterocycles. The third-order valence-electron chi connectivity index (χ3n) is 4.51. The SMILES string of the molecule is CN1CCC(N(C2CC2)S(=O)(=O)c2ccc(C#N)cc2)CC1. The maximum absolute atomic E-state index is 13.0. The Balaban J connectivity index is 1.88. The fourth-order valence-electron chi connectivity index (χ4n) is 3.09. The zero-order valence-corrected chi connectivity index (χ0v) is 13.6. The van der Waals surface area contributed by atoms with Crippen LogP contribution in [0.25, 0.3) is 0 Å². The molecule has 0 bridgehead atoms. The summed E-state index contributed by atoms with van der Waals surface area (Å²) in [7, 11) is -1.40. The Kier molecular flexibility index (Phi) is 4.22. The summed E-state index contributed by atoms with van der Waals surface area (Å²) in [5.74, 6) is 0. The van der Waals surface area contributed by atoms with Crippen LogP contribution in [0.1, 0.15) is 31.2 Å². The molecule has 1 saturated heterocycles. The molecule has 3 rings (SSSR count). The molecule has 1 aliphatic carbocycles. The number of likely N-dealkylation sites (tertiary alicyclic amines) is 1. The quantitative estimate of drug-likeness (QED) is 0.849. The molecule has 5 nitrogen and oxygen atoms in total. The van der Waals surface area contributed by atoms with Gasteiger partial charge in [0.05, 0.1) is 16.5 Å². The van der Waals surface area contributed by atoms with Crippen LogP contribution in [0, 0.1) is 11.3 Å². The van der Waals surface area contributed by atoms with E-state index in [0.717, 1.165) is 38.8 Å². The van der Waals surface area contributed by atoms with Crippen molar-refractivity contribution >= 4 is 10.0 Å². The second kappa shape index (κ2) is 5.99. The van der Waals surface area contributed by atoms with E-state index in [-0.39, 0.29) is 12.1 Å². The second-order valence-electron chi connectivity index (χ2n) is 6.24. The summed E-state index contributed by atoms with van der Waals surface area (Å²) in [5, 5.41) is 8.85. The minimum Gasteiger partial charge on any atom is -0.306 e. The molecule has 0 atom stereocenters. The molecule has 2 aliphatic rings. The lowest BCUT2D eigenvalue weighted by atomic mass is 10.1. The predicted molar refractivity (Wildman–Crippen MR) is 83.7 cm³/mol. The Labute approximate surface area is 132 Å². The lowest BCUT2D eigenvalue weighted by molar-refractivity contribution is 0.178. The van der Waals surface area contributed by atoms with Crippen molar-refractivity contribution in [1.29, 1.82) is 5.26 Å². The average Bonchev–Trinajstić information content (AvgIpc) is 3.34. The maximum atomic E-state index is 13.0. The smallest absolute Gasteiger partial charge is 0.243 e. The van der Waals surface area contributed by atoms with Gasteiger partial charge in [-0.25, -0.2) is 8.42 Å². The number of sulfonamides is 1. The van der Waals surface area contributed by atoms with Crippen molar-refractivity contribution in [3.8, 4) is 6.07 Å². The molecule has 0 spiro atoms. The normalized spacial score (nSPS) is 21.0. The maximum Gasteiger partial charge on any atom is 0.243 e. The Bertz CT molecular complexity index is 666. The van der Waals surface area contributed by atoms with Crippen LogP contribution in [0.15, 0.2) is 29.2 Å². The highest BCUT2D eigenvalue weighted by Gasteiger charge is 2.43. The van der Waals surface area contributed by atoms with E-state index in [9.17, 15) is 8.42 Å². The predicted octanol–water partition coefficient (Wildman–Crippen LogP) is 1.81. The van der Waals surface area contributed by atoms with Gasteiger partial charge in [0.1, 0.15) is 0 Å². The molecule has 6 heteroatoms. The molecule has 1 saturated carbocycles. The first-order chi connectivity index (χ1) is 10.5. The molecule has 0 radical (unpaired) electrons. The van der Waals surface area contributed by atoms with E-state index in [2.05, 4.69) is 11.9 Å². The summed E-state index contributed by atoms with van der Waals surface area (Å²) >= 11 is 0. The van der Waals surface area contributed by atoms with Gasteiger partial charge in [-0.05, 0) is 70.1 Å². The third kappa shape index (κ3) is 3.02. The Morgan fingerprint density at radius 3 is 2.14 bits per heavy atom. The standard InChI is InChI=1S/C16H21N3O2S/c1-18-10-8-15(9-11-18)19(14-4-5-14)22(20,21)16-6-2-13(12-17)3-7-16/h2-3,6-7,14-15H,4-5,8-11H2,1H3. The highest BCUT2D eigenvalue weighted by atomic mass is 32.2. The largest absolute Gasteiger partial charge is 0.306 e. The summed E-state index contributed by atoms with van der Waals surface area (Å²) < 4.78 is 27.8. The van der Waals surface area contributed by atoms with Crippen LogP contribution < -0.4 is 0 Å². The number of rotatable bonds is 4. The third-order valence-corrected chi connectivity index (χ3v) is 6.53. The minimum atomic E-state index is -3.47. The molecule has 0 N–H and O–H groups in total. The van der Waals surface area contributed by atoms with Gasteiger partial charge in [-0.1, -0.05) is 0 Å². The van der Waals surface area contributed by atoms with Crippen molar-refractivity contribution in [2.45, 2.75) is 42.7 Å². The van der Waals surface area contributed by atoms with Crippen molar-refractivity contribution in [3.05, 3.63) is 29.8 Å². The summed E-state index contributed by atoms with van der Waals surface area (Å²) in [4.78, 5) is 2.55. The van der Waals surface area contributed by atoms with Gasteiger partial charge >= 0.3 is 0 Å². The van der Waals surface area contributed by atoms with Crippen LogP contribution in [0.3, 0.4) is 0 Å². The van der Waals surface area contributed by atoms with Crippen molar-refractivity contribution in [2.75, 3.05) is 20.1 Å². The van der Waals surface area contributed by atoms with E-state index in [1.807, 2.05) is 6.07 Å². The molecule has 1 aliphatic heterocycles. The van der Waals surface area contributed by atoms with Gasteiger partial charge in [-0.3, -0.25) is 0 Å². The van der Waals surface area contributed by atoms with Crippen molar-refractivity contribution in [3.63, 3.8) is 0 Å². The second-order valence-corrected chi connectivity index (χ2v) is 8.08. The van der Waals surface area contributed by atoms with E-state index in [1.54, 1.807) is 28.6 Å². The van der Waals surface area contributed by atoms with E-state index in [4.69, 9.17) is 5.26 Å². The average molecular weight is 319 g/mol. The fourth-order valence-corrected chi connectivity index (χ4v) is 5.02. The lowest BCUT2D eigenvalue weighted by Crippen LogP contribution is -2.47. The first-order valence-corrected chi connectivity index (χ1v) is 9.18. The van der Waals surface area contributed by atoms with Crippen LogP contribution in [0.5, 0.6) is 0 Å². The number of nitriles is 1. The Morgan fingerprint density at radius 2 is 1.64 bits per heavy atom. The molecule has 118 valence electrons. The van der Waals surface area contributed by atoms with Crippen molar-refractivity contribution in [2.24, 2.45) is 0 Å². The summed E-state index contributed by atoms with van der Waals surface area (Å²) in [6.07, 6.45) is 3.70. The highest BCUT2D eigenvalue weighted by Crippen LogP contribution is 2.36. The zero-order valence-electron chi connectivity index (χ0n) is 12.8. The number of nitrogens with zero attached hydrogens (tertiary/aromatic N) is 3. The van der Waals surface area contributed by atoms with Crippen LogP contribution in [0.2, 0.25) is 0 Å². The number of piperidine rings is 1. The zero-order chi connectivity index (χ0) is 15.7. The first kappa shape index (κ1) is 15.5. The lowest BCUT2D eigenvalue weighted by Gasteiger charge is -2.36. The monoisotopic (exact) mass is 319 g/mol. The van der Waals surface area contributed by atoms with Gasteiger partial charge in [-0.15, -0.1) is 0 Å². The van der Waals surface area contributed by atoms with Gasteiger partial charge in [0.15, 0.2) is 0 Å². The van der Waals surface area contributed by atoms with E-state index in [0.29, 0.717) is 10.5 Å².